The van der Waals surface area contributed by atoms with Gasteiger partial charge in [-0.2, -0.15) is 0 Å². The van der Waals surface area contributed by atoms with Crippen molar-refractivity contribution in [1.82, 2.24) is 10.9 Å². The van der Waals surface area contributed by atoms with Gasteiger partial charge in [-0.15, -0.1) is 0 Å². The number of carbonyl (C=O) groups is 3. The summed E-state index contributed by atoms with van der Waals surface area (Å²) >= 11 is 0. The van der Waals surface area contributed by atoms with Gasteiger partial charge in [0.1, 0.15) is 6.61 Å². The number of hydrogen-bond donors (Lipinski definition) is 2. The standard InChI is InChI=1S/C21H20N2O6/c1-14-5-4-6-15(11-14)9-10-20(25)28-13-19(24)22-23-21(26)18-12-27-16-7-2-3-8-17(16)29-18/h2-11,18H,12-13H2,1H3,(H,22,24)(H,23,26)/b10-9+/t18-/m1/s1. The molecular formula is C21H20N2O6. The molecule has 0 radical (unpaired) electrons. The van der Waals surface area contributed by atoms with Gasteiger partial charge in [0.15, 0.2) is 18.1 Å². The molecule has 8 heteroatoms. The van der Waals surface area contributed by atoms with Crippen molar-refractivity contribution in [2.45, 2.75) is 13.0 Å². The Bertz CT molecular complexity index is 940. The molecule has 2 aromatic carbocycles. The Balaban J connectivity index is 1.38. The lowest BCUT2D eigenvalue weighted by atomic mass is 10.1. The highest BCUT2D eigenvalue weighted by molar-refractivity contribution is 5.90. The predicted molar refractivity (Wildman–Crippen MR) is 104 cm³/mol. The number of fused-ring (bicyclic) bond motifs is 1. The van der Waals surface area contributed by atoms with Gasteiger partial charge in [-0.25, -0.2) is 4.79 Å². The second kappa shape index (κ2) is 9.41. The second-order valence-corrected chi connectivity index (χ2v) is 6.26. The molecule has 0 bridgehead atoms. The third-order valence-corrected chi connectivity index (χ3v) is 3.93. The summed E-state index contributed by atoms with van der Waals surface area (Å²) in [6.07, 6.45) is 1.91. The SMILES string of the molecule is Cc1cccc(/C=C/C(=O)OCC(=O)NNC(=O)[C@H]2COc3ccccc3O2)c1. The van der Waals surface area contributed by atoms with Crippen LogP contribution in [0, 0.1) is 6.92 Å². The Morgan fingerprint density at radius 3 is 2.69 bits per heavy atom. The van der Waals surface area contributed by atoms with Gasteiger partial charge in [0.05, 0.1) is 0 Å². The minimum atomic E-state index is -0.912. The van der Waals surface area contributed by atoms with Crippen LogP contribution < -0.4 is 20.3 Å². The molecule has 2 aromatic rings. The summed E-state index contributed by atoms with van der Waals surface area (Å²) in [5.41, 5.74) is 6.29. The molecule has 0 fully saturated rings. The van der Waals surface area contributed by atoms with E-state index in [0.717, 1.165) is 11.1 Å². The molecule has 1 atom stereocenters. The van der Waals surface area contributed by atoms with Crippen molar-refractivity contribution >= 4 is 23.9 Å². The first-order valence-corrected chi connectivity index (χ1v) is 8.90. The number of hydrazine groups is 1. The normalized spacial score (nSPS) is 14.9. The molecule has 3 rings (SSSR count). The van der Waals surface area contributed by atoms with Gasteiger partial charge in [-0.05, 0) is 30.7 Å². The van der Waals surface area contributed by atoms with E-state index >= 15 is 0 Å². The summed E-state index contributed by atoms with van der Waals surface area (Å²) in [6, 6.07) is 14.5. The number of rotatable bonds is 5. The zero-order valence-electron chi connectivity index (χ0n) is 15.7. The first kappa shape index (κ1) is 19.9. The van der Waals surface area contributed by atoms with Crippen molar-refractivity contribution in [2.24, 2.45) is 0 Å². The maximum absolute atomic E-state index is 12.1. The Labute approximate surface area is 167 Å². The lowest BCUT2D eigenvalue weighted by Gasteiger charge is -2.25. The van der Waals surface area contributed by atoms with E-state index in [4.69, 9.17) is 14.2 Å². The maximum Gasteiger partial charge on any atom is 0.331 e. The van der Waals surface area contributed by atoms with E-state index in [1.54, 1.807) is 30.3 Å². The van der Waals surface area contributed by atoms with Gasteiger partial charge < -0.3 is 14.2 Å². The van der Waals surface area contributed by atoms with Gasteiger partial charge in [0.25, 0.3) is 11.8 Å². The molecule has 1 aliphatic heterocycles. The van der Waals surface area contributed by atoms with Gasteiger partial charge in [-0.3, -0.25) is 20.4 Å². The number of hydrogen-bond acceptors (Lipinski definition) is 6. The van der Waals surface area contributed by atoms with Crippen LogP contribution >= 0.6 is 0 Å². The Morgan fingerprint density at radius 1 is 1.10 bits per heavy atom. The van der Waals surface area contributed by atoms with Gasteiger partial charge in [-0.1, -0.05) is 42.0 Å². The first-order chi connectivity index (χ1) is 14.0. The Morgan fingerprint density at radius 2 is 1.90 bits per heavy atom. The maximum atomic E-state index is 12.1. The van der Waals surface area contributed by atoms with E-state index in [-0.39, 0.29) is 6.61 Å². The molecular weight excluding hydrogens is 376 g/mol. The van der Waals surface area contributed by atoms with Crippen LogP contribution in [0.5, 0.6) is 11.5 Å². The number of para-hydroxylation sites is 2. The molecule has 2 N–H and O–H groups in total. The molecule has 150 valence electrons. The average molecular weight is 396 g/mol. The number of benzene rings is 2. The Kier molecular flexibility index (Phi) is 6.47. The number of carbonyl (C=O) groups excluding carboxylic acids is 3. The van der Waals surface area contributed by atoms with E-state index in [9.17, 15) is 14.4 Å². The molecule has 2 amide bonds. The number of amides is 2. The van der Waals surface area contributed by atoms with Crippen LogP contribution in [0.2, 0.25) is 0 Å². The van der Waals surface area contributed by atoms with Crippen LogP contribution in [0.3, 0.4) is 0 Å². The number of esters is 1. The van der Waals surface area contributed by atoms with Crippen LogP contribution in [0.25, 0.3) is 6.08 Å². The average Bonchev–Trinajstić information content (AvgIpc) is 2.74. The molecule has 0 aromatic heterocycles. The summed E-state index contributed by atoms with van der Waals surface area (Å²) in [4.78, 5) is 35.5. The number of nitrogens with one attached hydrogen (secondary N) is 2. The number of ether oxygens (including phenoxy) is 3. The third-order valence-electron chi connectivity index (χ3n) is 3.93. The van der Waals surface area contributed by atoms with Gasteiger partial charge in [0.2, 0.25) is 6.10 Å². The zero-order chi connectivity index (χ0) is 20.6. The van der Waals surface area contributed by atoms with E-state index in [1.165, 1.54) is 6.08 Å². The van der Waals surface area contributed by atoms with Crippen molar-refractivity contribution in [3.63, 3.8) is 0 Å². The molecule has 0 spiro atoms. The first-order valence-electron chi connectivity index (χ1n) is 8.90. The van der Waals surface area contributed by atoms with Crippen molar-refractivity contribution in [2.75, 3.05) is 13.2 Å². The lowest BCUT2D eigenvalue weighted by Crippen LogP contribution is -2.51. The summed E-state index contributed by atoms with van der Waals surface area (Å²) in [7, 11) is 0. The van der Waals surface area contributed by atoms with E-state index in [1.807, 2.05) is 31.2 Å². The molecule has 0 unspecified atom stereocenters. The molecule has 0 saturated carbocycles. The van der Waals surface area contributed by atoms with Crippen LogP contribution in [0.1, 0.15) is 11.1 Å². The highest BCUT2D eigenvalue weighted by atomic mass is 16.6. The predicted octanol–water partition coefficient (Wildman–Crippen LogP) is 1.54. The minimum absolute atomic E-state index is 0.0114. The number of aryl methyl sites for hydroxylation is 1. The highest BCUT2D eigenvalue weighted by Gasteiger charge is 2.27. The van der Waals surface area contributed by atoms with Gasteiger partial charge >= 0.3 is 5.97 Å². The fraction of sp³-hybridized carbons (Fsp3) is 0.190. The molecule has 1 aliphatic rings. The largest absolute Gasteiger partial charge is 0.485 e. The van der Waals surface area contributed by atoms with Crippen LogP contribution in [0.15, 0.2) is 54.6 Å². The molecule has 0 aliphatic carbocycles. The van der Waals surface area contributed by atoms with Crippen molar-refractivity contribution in [3.05, 3.63) is 65.7 Å². The second-order valence-electron chi connectivity index (χ2n) is 6.26. The summed E-state index contributed by atoms with van der Waals surface area (Å²) < 4.78 is 15.8. The third kappa shape index (κ3) is 5.83. The van der Waals surface area contributed by atoms with Crippen molar-refractivity contribution in [3.8, 4) is 11.5 Å². The Hall–Kier alpha value is -3.81. The minimum Gasteiger partial charge on any atom is -0.485 e. The summed E-state index contributed by atoms with van der Waals surface area (Å²) in [5.74, 6) is -0.953. The highest BCUT2D eigenvalue weighted by Crippen LogP contribution is 2.30. The molecule has 0 saturated heterocycles. The van der Waals surface area contributed by atoms with Crippen LogP contribution in [-0.2, 0) is 19.1 Å². The fourth-order valence-corrected chi connectivity index (χ4v) is 2.52. The lowest BCUT2D eigenvalue weighted by molar-refractivity contribution is -0.145. The summed E-state index contributed by atoms with van der Waals surface area (Å²) in [6.45, 7) is 1.41. The van der Waals surface area contributed by atoms with Crippen molar-refractivity contribution < 1.29 is 28.6 Å². The van der Waals surface area contributed by atoms with E-state index in [2.05, 4.69) is 10.9 Å². The topological polar surface area (TPSA) is 103 Å². The monoisotopic (exact) mass is 396 g/mol. The smallest absolute Gasteiger partial charge is 0.331 e. The zero-order valence-corrected chi connectivity index (χ0v) is 15.7. The van der Waals surface area contributed by atoms with Gasteiger partial charge in [0, 0.05) is 6.08 Å². The quantitative estimate of drug-likeness (QED) is 0.452. The fourth-order valence-electron chi connectivity index (χ4n) is 2.52. The molecule has 8 nitrogen and oxygen atoms in total. The van der Waals surface area contributed by atoms with Crippen LogP contribution in [-0.4, -0.2) is 37.1 Å². The van der Waals surface area contributed by atoms with Crippen molar-refractivity contribution in [1.29, 1.82) is 0 Å². The van der Waals surface area contributed by atoms with Crippen LogP contribution in [0.4, 0.5) is 0 Å². The molecule has 29 heavy (non-hydrogen) atoms. The van der Waals surface area contributed by atoms with E-state index in [0.29, 0.717) is 11.5 Å². The molecule has 1 heterocycles. The summed E-state index contributed by atoms with van der Waals surface area (Å²) in [5, 5.41) is 0. The van der Waals surface area contributed by atoms with E-state index < -0.39 is 30.5 Å².